The first-order valence-electron chi connectivity index (χ1n) is 6.42. The Morgan fingerprint density at radius 1 is 1.09 bits per heavy atom. The summed E-state index contributed by atoms with van der Waals surface area (Å²) in [6, 6.07) is -3.35. The van der Waals surface area contributed by atoms with Gasteiger partial charge in [0.2, 0.25) is 11.8 Å². The number of hydrogen-bond acceptors (Lipinski definition) is 6. The minimum atomic E-state index is -1.30. The van der Waals surface area contributed by atoms with Crippen molar-refractivity contribution in [1.82, 2.24) is 10.6 Å². The number of amides is 2. The molecule has 0 heterocycles. The molecular formula is C12H19N3O7. The highest BCUT2D eigenvalue weighted by Crippen LogP contribution is 1.97. The van der Waals surface area contributed by atoms with Crippen LogP contribution in [-0.4, -0.2) is 58.4 Å². The molecule has 0 saturated carbocycles. The van der Waals surface area contributed by atoms with Crippen molar-refractivity contribution in [3.05, 3.63) is 0 Å². The SMILES string of the molecule is C[C@H](NC(=O)[C@@H](N)CC(=O)O)C(=O)N[C@H](C=O)CCC(=O)O. The normalized spacial score (nSPS) is 14.3. The second-order valence-electron chi connectivity index (χ2n) is 4.62. The highest BCUT2D eigenvalue weighted by molar-refractivity contribution is 5.91. The van der Waals surface area contributed by atoms with Crippen molar-refractivity contribution in [3.8, 4) is 0 Å². The Balaban J connectivity index is 4.40. The molecule has 0 aromatic rings. The molecule has 0 saturated heterocycles. The fourth-order valence-electron chi connectivity index (χ4n) is 1.43. The highest BCUT2D eigenvalue weighted by Gasteiger charge is 2.23. The number of carbonyl (C=O) groups excluding carboxylic acids is 3. The largest absolute Gasteiger partial charge is 0.481 e. The van der Waals surface area contributed by atoms with E-state index in [0.717, 1.165) is 0 Å². The van der Waals surface area contributed by atoms with Gasteiger partial charge < -0.3 is 31.4 Å². The van der Waals surface area contributed by atoms with Gasteiger partial charge in [-0.05, 0) is 13.3 Å². The molecule has 0 aliphatic rings. The lowest BCUT2D eigenvalue weighted by Gasteiger charge is -2.18. The van der Waals surface area contributed by atoms with Gasteiger partial charge in [-0.3, -0.25) is 19.2 Å². The molecule has 0 aliphatic carbocycles. The number of aldehydes is 1. The number of aliphatic carboxylic acids is 2. The monoisotopic (exact) mass is 317 g/mol. The molecule has 0 rings (SSSR count). The predicted octanol–water partition coefficient (Wildman–Crippen LogP) is -2.16. The molecule has 0 aromatic heterocycles. The first kappa shape index (κ1) is 19.5. The van der Waals surface area contributed by atoms with Crippen molar-refractivity contribution in [3.63, 3.8) is 0 Å². The first-order chi connectivity index (χ1) is 10.2. The van der Waals surface area contributed by atoms with Crippen molar-refractivity contribution in [2.24, 2.45) is 5.73 Å². The van der Waals surface area contributed by atoms with Gasteiger partial charge in [0, 0.05) is 6.42 Å². The van der Waals surface area contributed by atoms with Gasteiger partial charge in [-0.15, -0.1) is 0 Å². The molecule has 0 radical (unpaired) electrons. The standard InChI is InChI=1S/C12H19N3O7/c1-6(14-12(22)8(13)4-10(19)20)11(21)15-7(5-16)2-3-9(17)18/h5-8H,2-4,13H2,1H3,(H,14,22)(H,15,21)(H,17,18)(H,19,20)/t6-,7-,8-/m0/s1. The van der Waals surface area contributed by atoms with Crippen LogP contribution in [0.15, 0.2) is 0 Å². The third kappa shape index (κ3) is 7.94. The number of nitrogens with one attached hydrogen (secondary N) is 2. The number of rotatable bonds is 10. The maximum absolute atomic E-state index is 11.7. The van der Waals surface area contributed by atoms with Crippen LogP contribution in [0.3, 0.4) is 0 Å². The summed E-state index contributed by atoms with van der Waals surface area (Å²) in [6.45, 7) is 1.32. The quantitative estimate of drug-likeness (QED) is 0.283. The lowest BCUT2D eigenvalue weighted by Crippen LogP contribution is -2.52. The summed E-state index contributed by atoms with van der Waals surface area (Å²) >= 11 is 0. The van der Waals surface area contributed by atoms with E-state index in [4.69, 9.17) is 15.9 Å². The second-order valence-corrected chi connectivity index (χ2v) is 4.62. The van der Waals surface area contributed by atoms with Gasteiger partial charge in [-0.1, -0.05) is 0 Å². The molecule has 0 fully saturated rings. The van der Waals surface area contributed by atoms with E-state index < -0.39 is 48.3 Å². The van der Waals surface area contributed by atoms with Crippen LogP contribution < -0.4 is 16.4 Å². The van der Waals surface area contributed by atoms with Gasteiger partial charge >= 0.3 is 11.9 Å². The molecule has 2 amide bonds. The van der Waals surface area contributed by atoms with Crippen molar-refractivity contribution < 1.29 is 34.2 Å². The summed E-state index contributed by atoms with van der Waals surface area (Å²) in [5, 5.41) is 21.5. The number of nitrogens with two attached hydrogens (primary N) is 1. The Labute approximate surface area is 126 Å². The zero-order chi connectivity index (χ0) is 17.3. The Morgan fingerprint density at radius 2 is 1.68 bits per heavy atom. The van der Waals surface area contributed by atoms with Crippen molar-refractivity contribution in [1.29, 1.82) is 0 Å². The Bertz CT molecular complexity index is 452. The molecule has 22 heavy (non-hydrogen) atoms. The fraction of sp³-hybridized carbons (Fsp3) is 0.583. The average Bonchev–Trinajstić information content (AvgIpc) is 2.41. The highest BCUT2D eigenvalue weighted by atomic mass is 16.4. The van der Waals surface area contributed by atoms with Crippen LogP contribution in [-0.2, 0) is 24.0 Å². The van der Waals surface area contributed by atoms with E-state index in [9.17, 15) is 24.0 Å². The third-order valence-electron chi connectivity index (χ3n) is 2.64. The molecular weight excluding hydrogens is 298 g/mol. The topological polar surface area (TPSA) is 176 Å². The molecule has 124 valence electrons. The summed E-state index contributed by atoms with van der Waals surface area (Å²) in [7, 11) is 0. The van der Waals surface area contributed by atoms with E-state index >= 15 is 0 Å². The van der Waals surface area contributed by atoms with E-state index in [0.29, 0.717) is 6.29 Å². The van der Waals surface area contributed by atoms with Crippen molar-refractivity contribution in [2.45, 2.75) is 44.3 Å². The van der Waals surface area contributed by atoms with Gasteiger partial charge in [0.05, 0.1) is 18.5 Å². The molecule has 0 unspecified atom stereocenters. The Kier molecular flexibility index (Phi) is 8.38. The summed E-state index contributed by atoms with van der Waals surface area (Å²) < 4.78 is 0. The summed E-state index contributed by atoms with van der Waals surface area (Å²) in [5.41, 5.74) is 5.33. The number of hydrogen-bond donors (Lipinski definition) is 5. The smallest absolute Gasteiger partial charge is 0.305 e. The fourth-order valence-corrected chi connectivity index (χ4v) is 1.43. The molecule has 0 aromatic carbocycles. The van der Waals surface area contributed by atoms with E-state index in [1.807, 2.05) is 0 Å². The minimum Gasteiger partial charge on any atom is -0.481 e. The number of carboxylic acid groups (broad SMARTS) is 2. The molecule has 0 aliphatic heterocycles. The van der Waals surface area contributed by atoms with Gasteiger partial charge in [0.1, 0.15) is 12.3 Å². The Morgan fingerprint density at radius 3 is 2.14 bits per heavy atom. The van der Waals surface area contributed by atoms with E-state index in [2.05, 4.69) is 10.6 Å². The van der Waals surface area contributed by atoms with E-state index in [1.165, 1.54) is 6.92 Å². The summed E-state index contributed by atoms with van der Waals surface area (Å²) in [5.74, 6) is -3.90. The summed E-state index contributed by atoms with van der Waals surface area (Å²) in [6.07, 6.45) is -0.570. The van der Waals surface area contributed by atoms with E-state index in [-0.39, 0.29) is 12.8 Å². The Hall–Kier alpha value is -2.49. The first-order valence-corrected chi connectivity index (χ1v) is 6.42. The van der Waals surface area contributed by atoms with Gasteiger partial charge in [-0.2, -0.15) is 0 Å². The van der Waals surface area contributed by atoms with Gasteiger partial charge in [0.25, 0.3) is 0 Å². The molecule has 6 N–H and O–H groups in total. The maximum atomic E-state index is 11.7. The minimum absolute atomic E-state index is 0.0796. The molecule has 0 bridgehead atoms. The molecule has 10 heteroatoms. The van der Waals surface area contributed by atoms with Crippen LogP contribution >= 0.6 is 0 Å². The summed E-state index contributed by atoms with van der Waals surface area (Å²) in [4.78, 5) is 54.9. The van der Waals surface area contributed by atoms with E-state index in [1.54, 1.807) is 0 Å². The van der Waals surface area contributed by atoms with Crippen LogP contribution in [0.25, 0.3) is 0 Å². The van der Waals surface area contributed by atoms with Crippen molar-refractivity contribution in [2.75, 3.05) is 0 Å². The average molecular weight is 317 g/mol. The maximum Gasteiger partial charge on any atom is 0.305 e. The lowest BCUT2D eigenvalue weighted by atomic mass is 10.1. The number of carboxylic acids is 2. The lowest BCUT2D eigenvalue weighted by molar-refractivity contribution is -0.140. The molecule has 0 spiro atoms. The second kappa shape index (κ2) is 9.45. The van der Waals surface area contributed by atoms with Crippen LogP contribution in [0.1, 0.15) is 26.2 Å². The molecule has 3 atom stereocenters. The predicted molar refractivity (Wildman–Crippen MR) is 72.7 cm³/mol. The third-order valence-corrected chi connectivity index (χ3v) is 2.64. The van der Waals surface area contributed by atoms with Crippen LogP contribution in [0.2, 0.25) is 0 Å². The zero-order valence-corrected chi connectivity index (χ0v) is 11.9. The van der Waals surface area contributed by atoms with Crippen LogP contribution in [0.5, 0.6) is 0 Å². The molecule has 10 nitrogen and oxygen atoms in total. The van der Waals surface area contributed by atoms with Crippen LogP contribution in [0, 0.1) is 0 Å². The van der Waals surface area contributed by atoms with Gasteiger partial charge in [0.15, 0.2) is 0 Å². The number of carbonyl (C=O) groups is 5. The van der Waals surface area contributed by atoms with Crippen LogP contribution in [0.4, 0.5) is 0 Å². The van der Waals surface area contributed by atoms with Gasteiger partial charge in [-0.25, -0.2) is 0 Å². The zero-order valence-electron chi connectivity index (χ0n) is 11.9. The van der Waals surface area contributed by atoms with Crippen molar-refractivity contribution >= 4 is 30.0 Å².